The van der Waals surface area contributed by atoms with Gasteiger partial charge in [0.25, 0.3) is 0 Å². The molecule has 0 radical (unpaired) electrons. The summed E-state index contributed by atoms with van der Waals surface area (Å²) in [4.78, 5) is 0. The second-order valence-electron chi connectivity index (χ2n) is 9.04. The van der Waals surface area contributed by atoms with Crippen LogP contribution in [0.1, 0.15) is 83.1 Å². The first-order chi connectivity index (χ1) is 14.0. The van der Waals surface area contributed by atoms with Crippen molar-refractivity contribution in [3.8, 4) is 11.8 Å². The molecular formula is C26H33F3. The molecule has 0 heterocycles. The second kappa shape index (κ2) is 10.9. The SMILES string of the molecule is CC[C@H]1CC[C@H](CC[C@H]2CC[C@H](C=CC#Cc3cc(F)c(F)c(F)c3)CC2)CC1. The van der Waals surface area contributed by atoms with E-state index >= 15 is 0 Å². The molecule has 3 rings (SSSR count). The molecule has 1 aromatic rings. The number of hydrogen-bond acceptors (Lipinski definition) is 0. The Balaban J connectivity index is 1.37. The van der Waals surface area contributed by atoms with Crippen LogP contribution in [0, 0.1) is 53.0 Å². The number of halogens is 3. The van der Waals surface area contributed by atoms with E-state index in [9.17, 15) is 13.2 Å². The minimum atomic E-state index is -1.45. The smallest absolute Gasteiger partial charge is 0.194 e. The normalized spacial score (nSPS) is 27.6. The van der Waals surface area contributed by atoms with Crippen LogP contribution < -0.4 is 0 Å². The summed E-state index contributed by atoms with van der Waals surface area (Å²) >= 11 is 0. The average Bonchev–Trinajstić information content (AvgIpc) is 2.74. The van der Waals surface area contributed by atoms with E-state index in [-0.39, 0.29) is 5.56 Å². The molecule has 2 saturated carbocycles. The standard InChI is InChI=1S/C26H33F3/c1-2-19-7-9-21(10-8-19)15-16-22-13-11-20(12-14-22)5-3-4-6-23-17-24(27)26(29)25(28)18-23/h3,5,17-22H,2,7-16H2,1H3/t19-,20-,21-,22-. The van der Waals surface area contributed by atoms with Crippen LogP contribution in [0.2, 0.25) is 0 Å². The van der Waals surface area contributed by atoms with E-state index in [1.54, 1.807) is 6.08 Å². The molecule has 0 N–H and O–H groups in total. The Morgan fingerprint density at radius 2 is 1.34 bits per heavy atom. The first-order valence-corrected chi connectivity index (χ1v) is 11.4. The number of hydrogen-bond donors (Lipinski definition) is 0. The topological polar surface area (TPSA) is 0 Å². The van der Waals surface area contributed by atoms with Gasteiger partial charge in [0.05, 0.1) is 0 Å². The van der Waals surface area contributed by atoms with Crippen molar-refractivity contribution in [2.45, 2.75) is 77.6 Å². The lowest BCUT2D eigenvalue weighted by Crippen LogP contribution is -2.17. The summed E-state index contributed by atoms with van der Waals surface area (Å²) in [5.41, 5.74) is 0.155. The van der Waals surface area contributed by atoms with Crippen molar-refractivity contribution in [1.82, 2.24) is 0 Å². The molecule has 0 unspecified atom stereocenters. The highest BCUT2D eigenvalue weighted by atomic mass is 19.2. The fourth-order valence-corrected chi connectivity index (χ4v) is 5.01. The third-order valence-electron chi connectivity index (χ3n) is 7.07. The van der Waals surface area contributed by atoms with Gasteiger partial charge in [0, 0.05) is 5.56 Å². The molecule has 0 amide bonds. The Kier molecular flexibility index (Phi) is 8.28. The molecular weight excluding hydrogens is 369 g/mol. The van der Waals surface area contributed by atoms with E-state index in [1.165, 1.54) is 70.6 Å². The lowest BCUT2D eigenvalue weighted by atomic mass is 9.75. The third-order valence-corrected chi connectivity index (χ3v) is 7.07. The maximum atomic E-state index is 13.2. The van der Waals surface area contributed by atoms with Crippen LogP contribution in [0.4, 0.5) is 13.2 Å². The van der Waals surface area contributed by atoms with Crippen molar-refractivity contribution in [2.75, 3.05) is 0 Å². The predicted molar refractivity (Wildman–Crippen MR) is 113 cm³/mol. The molecule has 0 aliphatic heterocycles. The van der Waals surface area contributed by atoms with E-state index in [0.29, 0.717) is 5.92 Å². The molecule has 29 heavy (non-hydrogen) atoms. The van der Waals surface area contributed by atoms with Crippen LogP contribution in [0.15, 0.2) is 24.3 Å². The van der Waals surface area contributed by atoms with Crippen molar-refractivity contribution in [3.05, 3.63) is 47.3 Å². The fraction of sp³-hybridized carbons (Fsp3) is 0.615. The molecule has 3 heteroatoms. The summed E-state index contributed by atoms with van der Waals surface area (Å²) < 4.78 is 39.3. The molecule has 0 atom stereocenters. The molecule has 0 aromatic heterocycles. The first-order valence-electron chi connectivity index (χ1n) is 11.4. The molecule has 2 aliphatic rings. The Hall–Kier alpha value is -1.69. The van der Waals surface area contributed by atoms with Gasteiger partial charge in [-0.15, -0.1) is 0 Å². The summed E-state index contributed by atoms with van der Waals surface area (Å²) in [6.07, 6.45) is 18.8. The van der Waals surface area contributed by atoms with Gasteiger partial charge < -0.3 is 0 Å². The van der Waals surface area contributed by atoms with Crippen molar-refractivity contribution < 1.29 is 13.2 Å². The maximum absolute atomic E-state index is 13.2. The lowest BCUT2D eigenvalue weighted by Gasteiger charge is -2.31. The first kappa shape index (κ1) is 22.0. The van der Waals surface area contributed by atoms with E-state index < -0.39 is 17.5 Å². The van der Waals surface area contributed by atoms with Crippen molar-refractivity contribution >= 4 is 0 Å². The van der Waals surface area contributed by atoms with Gasteiger partial charge in [-0.25, -0.2) is 13.2 Å². The van der Waals surface area contributed by atoms with Gasteiger partial charge in [-0.3, -0.25) is 0 Å². The number of rotatable bonds is 5. The predicted octanol–water partition coefficient (Wildman–Crippen LogP) is 7.81. The van der Waals surface area contributed by atoms with Gasteiger partial charge in [-0.1, -0.05) is 69.8 Å². The highest BCUT2D eigenvalue weighted by Crippen LogP contribution is 2.37. The Labute approximate surface area is 174 Å². The Morgan fingerprint density at radius 3 is 1.90 bits per heavy atom. The molecule has 1 aromatic carbocycles. The molecule has 0 saturated heterocycles. The van der Waals surface area contributed by atoms with Crippen LogP contribution in [0.5, 0.6) is 0 Å². The van der Waals surface area contributed by atoms with E-state index in [1.807, 2.05) is 0 Å². The zero-order valence-electron chi connectivity index (χ0n) is 17.5. The number of allylic oxidation sites excluding steroid dienone is 2. The van der Waals surface area contributed by atoms with Gasteiger partial charge >= 0.3 is 0 Å². The molecule has 0 spiro atoms. The van der Waals surface area contributed by atoms with E-state index in [0.717, 1.165) is 29.9 Å². The minimum absolute atomic E-state index is 0.155. The molecule has 2 fully saturated rings. The van der Waals surface area contributed by atoms with Crippen LogP contribution in [-0.4, -0.2) is 0 Å². The fourth-order valence-electron chi connectivity index (χ4n) is 5.01. The minimum Gasteiger partial charge on any atom is -0.204 e. The van der Waals surface area contributed by atoms with E-state index in [4.69, 9.17) is 0 Å². The highest BCUT2D eigenvalue weighted by Gasteiger charge is 2.23. The van der Waals surface area contributed by atoms with Gasteiger partial charge in [0.1, 0.15) is 0 Å². The van der Waals surface area contributed by atoms with Crippen LogP contribution >= 0.6 is 0 Å². The van der Waals surface area contributed by atoms with Crippen molar-refractivity contribution in [1.29, 1.82) is 0 Å². The van der Waals surface area contributed by atoms with Crippen LogP contribution in [0.3, 0.4) is 0 Å². The summed E-state index contributed by atoms with van der Waals surface area (Å²) in [6.45, 7) is 2.33. The zero-order chi connectivity index (χ0) is 20.6. The van der Waals surface area contributed by atoms with Crippen LogP contribution in [-0.2, 0) is 0 Å². The van der Waals surface area contributed by atoms with E-state index in [2.05, 4.69) is 24.8 Å². The van der Waals surface area contributed by atoms with Crippen molar-refractivity contribution in [3.63, 3.8) is 0 Å². The molecule has 158 valence electrons. The maximum Gasteiger partial charge on any atom is 0.194 e. The summed E-state index contributed by atoms with van der Waals surface area (Å²) in [6, 6.07) is 1.86. The Morgan fingerprint density at radius 1 is 0.828 bits per heavy atom. The lowest BCUT2D eigenvalue weighted by molar-refractivity contribution is 0.224. The molecule has 0 bridgehead atoms. The molecule has 2 aliphatic carbocycles. The van der Waals surface area contributed by atoms with Crippen LogP contribution in [0.25, 0.3) is 0 Å². The summed E-state index contributed by atoms with van der Waals surface area (Å²) in [7, 11) is 0. The van der Waals surface area contributed by atoms with Crippen molar-refractivity contribution in [2.24, 2.45) is 23.7 Å². The average molecular weight is 403 g/mol. The third kappa shape index (κ3) is 6.66. The van der Waals surface area contributed by atoms with Gasteiger partial charge in [-0.05, 0) is 67.6 Å². The monoisotopic (exact) mass is 402 g/mol. The Bertz CT molecular complexity index is 716. The number of benzene rings is 1. The second-order valence-corrected chi connectivity index (χ2v) is 9.04. The van der Waals surface area contributed by atoms with Gasteiger partial charge in [0.2, 0.25) is 0 Å². The molecule has 0 nitrogen and oxygen atoms in total. The highest BCUT2D eigenvalue weighted by molar-refractivity contribution is 5.37. The summed E-state index contributed by atoms with van der Waals surface area (Å²) in [5.74, 6) is 5.03. The quantitative estimate of drug-likeness (QED) is 0.348. The zero-order valence-corrected chi connectivity index (χ0v) is 17.5. The van der Waals surface area contributed by atoms with Gasteiger partial charge in [0.15, 0.2) is 17.5 Å². The summed E-state index contributed by atoms with van der Waals surface area (Å²) in [5, 5.41) is 0. The van der Waals surface area contributed by atoms with Gasteiger partial charge in [-0.2, -0.15) is 0 Å². The largest absolute Gasteiger partial charge is 0.204 e.